The summed E-state index contributed by atoms with van der Waals surface area (Å²) in [7, 11) is 1.61. The molecule has 0 atom stereocenters. The van der Waals surface area contributed by atoms with Crippen LogP contribution >= 0.6 is 0 Å². The third-order valence-corrected chi connectivity index (χ3v) is 1.23. The summed E-state index contributed by atoms with van der Waals surface area (Å²) in [5.74, 6) is -0.0725. The minimum Gasteiger partial charge on any atom is -0.356 e. The molecule has 0 spiro atoms. The number of likely N-dealkylation sites (N-methyl/N-ethyl adjacent to an activating group) is 1. The zero-order valence-electron chi connectivity index (χ0n) is 6.48. The van der Waals surface area contributed by atoms with Crippen LogP contribution in [0.3, 0.4) is 0 Å². The number of hydrogen-bond donors (Lipinski definition) is 1. The van der Waals surface area contributed by atoms with E-state index in [1.54, 1.807) is 19.2 Å². The lowest BCUT2D eigenvalue weighted by Gasteiger charge is -1.94. The summed E-state index contributed by atoms with van der Waals surface area (Å²) in [5, 5.41) is 2.50. The van der Waals surface area contributed by atoms with Crippen LogP contribution < -0.4 is 5.32 Å². The van der Waals surface area contributed by atoms with Crippen molar-refractivity contribution in [2.75, 3.05) is 7.05 Å². The molecule has 0 heterocycles. The molecule has 0 aliphatic heterocycles. The Bertz CT molecular complexity index is 159. The monoisotopic (exact) mass is 139 g/mol. The first kappa shape index (κ1) is 8.95. The van der Waals surface area contributed by atoms with Gasteiger partial charge in [0.1, 0.15) is 0 Å². The van der Waals surface area contributed by atoms with Gasteiger partial charge in [-0.1, -0.05) is 19.6 Å². The highest BCUT2D eigenvalue weighted by Crippen LogP contribution is 1.99. The fourth-order valence-electron chi connectivity index (χ4n) is 0.546. The van der Waals surface area contributed by atoms with E-state index >= 15 is 0 Å². The maximum Gasteiger partial charge on any atom is 0.243 e. The predicted octanol–water partition coefficient (Wildman–Crippen LogP) is 1.25. The van der Waals surface area contributed by atoms with Crippen molar-refractivity contribution in [2.45, 2.75) is 13.3 Å². The highest BCUT2D eigenvalue weighted by atomic mass is 16.1. The van der Waals surface area contributed by atoms with E-state index in [1.165, 1.54) is 0 Å². The summed E-state index contributed by atoms with van der Waals surface area (Å²) in [5.41, 5.74) is 0.958. The molecule has 0 rings (SSSR count). The molecule has 56 valence electrons. The molecule has 0 aromatic heterocycles. The number of hydrogen-bond acceptors (Lipinski definition) is 1. The quantitative estimate of drug-likeness (QED) is 0.463. The van der Waals surface area contributed by atoms with Crippen LogP contribution in [0.15, 0.2) is 24.3 Å². The Morgan fingerprint density at radius 1 is 1.70 bits per heavy atom. The fourth-order valence-corrected chi connectivity index (χ4v) is 0.546. The van der Waals surface area contributed by atoms with Crippen molar-refractivity contribution in [1.29, 1.82) is 0 Å². The number of amides is 1. The predicted molar refractivity (Wildman–Crippen MR) is 42.6 cm³/mol. The topological polar surface area (TPSA) is 29.1 Å². The largest absolute Gasteiger partial charge is 0.356 e. The summed E-state index contributed by atoms with van der Waals surface area (Å²) in [6.07, 6.45) is 4.08. The molecule has 2 nitrogen and oxygen atoms in total. The second kappa shape index (κ2) is 4.79. The van der Waals surface area contributed by atoms with Gasteiger partial charge in [0.15, 0.2) is 0 Å². The lowest BCUT2D eigenvalue weighted by molar-refractivity contribution is -0.116. The molecule has 2 heteroatoms. The third-order valence-electron chi connectivity index (χ3n) is 1.23. The summed E-state index contributed by atoms with van der Waals surface area (Å²) in [4.78, 5) is 10.7. The molecule has 0 aromatic rings. The number of carbonyl (C=O) groups is 1. The van der Waals surface area contributed by atoms with Gasteiger partial charge in [-0.3, -0.25) is 4.79 Å². The molecule has 10 heavy (non-hydrogen) atoms. The lowest BCUT2D eigenvalue weighted by atomic mass is 10.2. The third kappa shape index (κ3) is 3.07. The molecular formula is C8H13NO. The molecule has 0 radical (unpaired) electrons. The van der Waals surface area contributed by atoms with Crippen molar-refractivity contribution < 1.29 is 4.79 Å². The SMILES string of the molecule is C=C/C(=C\C(=O)NC)CC. The zero-order chi connectivity index (χ0) is 7.98. The maximum atomic E-state index is 10.7. The smallest absolute Gasteiger partial charge is 0.243 e. The molecule has 0 unspecified atom stereocenters. The van der Waals surface area contributed by atoms with Crippen LogP contribution in [0.25, 0.3) is 0 Å². The van der Waals surface area contributed by atoms with Crippen LogP contribution in [0.1, 0.15) is 13.3 Å². The van der Waals surface area contributed by atoms with E-state index in [-0.39, 0.29) is 5.91 Å². The number of carbonyl (C=O) groups excluding carboxylic acids is 1. The van der Waals surface area contributed by atoms with E-state index in [2.05, 4.69) is 11.9 Å². The Labute approximate surface area is 61.6 Å². The molecule has 0 aliphatic carbocycles. The van der Waals surface area contributed by atoms with Gasteiger partial charge in [-0.25, -0.2) is 0 Å². The van der Waals surface area contributed by atoms with Crippen LogP contribution in [0.4, 0.5) is 0 Å². The Morgan fingerprint density at radius 2 is 2.30 bits per heavy atom. The normalized spacial score (nSPS) is 10.8. The number of rotatable bonds is 3. The average Bonchev–Trinajstić information content (AvgIpc) is 1.99. The van der Waals surface area contributed by atoms with Gasteiger partial charge >= 0.3 is 0 Å². The Balaban J connectivity index is 4.09. The van der Waals surface area contributed by atoms with Crippen LogP contribution in [0, 0.1) is 0 Å². The van der Waals surface area contributed by atoms with Gasteiger partial charge in [-0.05, 0) is 12.0 Å². The van der Waals surface area contributed by atoms with Crippen molar-refractivity contribution in [1.82, 2.24) is 5.32 Å². The Kier molecular flexibility index (Phi) is 4.29. The maximum absolute atomic E-state index is 10.7. The van der Waals surface area contributed by atoms with Gasteiger partial charge in [-0.15, -0.1) is 0 Å². The van der Waals surface area contributed by atoms with E-state index < -0.39 is 0 Å². The molecule has 0 aromatic carbocycles. The Morgan fingerprint density at radius 3 is 2.60 bits per heavy atom. The summed E-state index contributed by atoms with van der Waals surface area (Å²) in [6.45, 7) is 5.55. The van der Waals surface area contributed by atoms with Crippen LogP contribution in [0.2, 0.25) is 0 Å². The lowest BCUT2D eigenvalue weighted by Crippen LogP contribution is -2.14. The second-order valence-electron chi connectivity index (χ2n) is 1.89. The summed E-state index contributed by atoms with van der Waals surface area (Å²) in [6, 6.07) is 0. The molecule has 0 bridgehead atoms. The van der Waals surface area contributed by atoms with E-state index in [0.717, 1.165) is 12.0 Å². The first-order valence-electron chi connectivity index (χ1n) is 3.29. The van der Waals surface area contributed by atoms with E-state index in [9.17, 15) is 4.79 Å². The summed E-state index contributed by atoms with van der Waals surface area (Å²) < 4.78 is 0. The van der Waals surface area contributed by atoms with Crippen LogP contribution in [-0.2, 0) is 4.79 Å². The zero-order valence-corrected chi connectivity index (χ0v) is 6.48. The highest BCUT2D eigenvalue weighted by Gasteiger charge is 1.91. The molecule has 0 fully saturated rings. The van der Waals surface area contributed by atoms with Crippen molar-refractivity contribution >= 4 is 5.91 Å². The van der Waals surface area contributed by atoms with Crippen molar-refractivity contribution in [3.63, 3.8) is 0 Å². The molecular weight excluding hydrogens is 126 g/mol. The van der Waals surface area contributed by atoms with Gasteiger partial charge in [-0.2, -0.15) is 0 Å². The van der Waals surface area contributed by atoms with Crippen LogP contribution in [0.5, 0.6) is 0 Å². The van der Waals surface area contributed by atoms with Crippen molar-refractivity contribution in [2.24, 2.45) is 0 Å². The minimum atomic E-state index is -0.0725. The first-order chi connectivity index (χ1) is 4.74. The summed E-state index contributed by atoms with van der Waals surface area (Å²) >= 11 is 0. The first-order valence-corrected chi connectivity index (χ1v) is 3.29. The van der Waals surface area contributed by atoms with E-state index in [4.69, 9.17) is 0 Å². The average molecular weight is 139 g/mol. The van der Waals surface area contributed by atoms with Gasteiger partial charge in [0.25, 0.3) is 0 Å². The van der Waals surface area contributed by atoms with Crippen molar-refractivity contribution in [3.8, 4) is 0 Å². The van der Waals surface area contributed by atoms with E-state index in [1.807, 2.05) is 6.92 Å². The standard InChI is InChI=1S/C8H13NO/c1-4-7(5-2)6-8(10)9-3/h4,6H,1,5H2,2-3H3,(H,9,10)/b7-6+. The van der Waals surface area contributed by atoms with Gasteiger partial charge < -0.3 is 5.32 Å². The molecule has 0 aliphatic rings. The molecule has 1 N–H and O–H groups in total. The number of nitrogens with one attached hydrogen (secondary N) is 1. The fraction of sp³-hybridized carbons (Fsp3) is 0.375. The second-order valence-corrected chi connectivity index (χ2v) is 1.89. The van der Waals surface area contributed by atoms with Crippen LogP contribution in [-0.4, -0.2) is 13.0 Å². The number of allylic oxidation sites excluding steroid dienone is 2. The highest BCUT2D eigenvalue weighted by molar-refractivity contribution is 5.88. The molecule has 0 saturated carbocycles. The van der Waals surface area contributed by atoms with Gasteiger partial charge in [0.2, 0.25) is 5.91 Å². The molecule has 0 saturated heterocycles. The Hall–Kier alpha value is -1.05. The minimum absolute atomic E-state index is 0.0725. The van der Waals surface area contributed by atoms with Crippen molar-refractivity contribution in [3.05, 3.63) is 24.3 Å². The van der Waals surface area contributed by atoms with Gasteiger partial charge in [0.05, 0.1) is 0 Å². The van der Waals surface area contributed by atoms with E-state index in [0.29, 0.717) is 0 Å². The molecule has 1 amide bonds. The van der Waals surface area contributed by atoms with Gasteiger partial charge in [0, 0.05) is 13.1 Å².